The second kappa shape index (κ2) is 3.84. The Morgan fingerprint density at radius 2 is 1.80 bits per heavy atom. The molecule has 2 aromatic carbocycles. The summed E-state index contributed by atoms with van der Waals surface area (Å²) in [6.07, 6.45) is 0. The van der Waals surface area contributed by atoms with Gasteiger partial charge in [0, 0.05) is 12.6 Å². The first kappa shape index (κ1) is 10.5. The third-order valence-corrected chi connectivity index (χ3v) is 3.07. The van der Waals surface area contributed by atoms with Gasteiger partial charge in [-0.3, -0.25) is 0 Å². The first-order chi connectivity index (χ1) is 6.84. The van der Waals surface area contributed by atoms with E-state index >= 15 is 0 Å². The Kier molecular flexibility index (Phi) is 2.68. The second-order valence-electron chi connectivity index (χ2n) is 4.00. The van der Waals surface area contributed by atoms with E-state index in [9.17, 15) is 0 Å². The number of fused-ring (bicyclic) bond motifs is 2. The molecule has 1 heterocycles. The van der Waals surface area contributed by atoms with Crippen molar-refractivity contribution in [1.29, 1.82) is 0 Å². The lowest BCUT2D eigenvalue weighted by atomic mass is 10.0. The molecule has 1 aliphatic rings. The maximum absolute atomic E-state index is 3.46. The van der Waals surface area contributed by atoms with Crippen molar-refractivity contribution in [2.24, 2.45) is 0 Å². The van der Waals surface area contributed by atoms with Crippen molar-refractivity contribution in [2.45, 2.75) is 19.5 Å². The SMILES string of the molecule is CC1NCc2cc3ccccc3cc21.Cl. The zero-order valence-electron chi connectivity index (χ0n) is 8.66. The molecule has 2 aromatic rings. The molecule has 1 atom stereocenters. The van der Waals surface area contributed by atoms with E-state index in [0.29, 0.717) is 6.04 Å². The van der Waals surface area contributed by atoms with Gasteiger partial charge in [-0.1, -0.05) is 24.3 Å². The maximum Gasteiger partial charge on any atom is 0.0298 e. The van der Waals surface area contributed by atoms with Gasteiger partial charge in [0.25, 0.3) is 0 Å². The lowest BCUT2D eigenvalue weighted by molar-refractivity contribution is 0.634. The van der Waals surface area contributed by atoms with Crippen LogP contribution in [-0.2, 0) is 6.54 Å². The van der Waals surface area contributed by atoms with Crippen LogP contribution in [0.3, 0.4) is 0 Å². The van der Waals surface area contributed by atoms with Crippen LogP contribution in [0.15, 0.2) is 36.4 Å². The second-order valence-corrected chi connectivity index (χ2v) is 4.00. The molecule has 0 bridgehead atoms. The van der Waals surface area contributed by atoms with Crippen LogP contribution in [0.1, 0.15) is 24.1 Å². The number of hydrogen-bond acceptors (Lipinski definition) is 1. The monoisotopic (exact) mass is 219 g/mol. The van der Waals surface area contributed by atoms with Crippen molar-refractivity contribution in [3.05, 3.63) is 47.5 Å². The molecule has 3 rings (SSSR count). The van der Waals surface area contributed by atoms with Gasteiger partial charge in [-0.15, -0.1) is 12.4 Å². The van der Waals surface area contributed by atoms with E-state index in [-0.39, 0.29) is 12.4 Å². The van der Waals surface area contributed by atoms with Crippen molar-refractivity contribution >= 4 is 23.2 Å². The molecule has 78 valence electrons. The molecule has 0 fully saturated rings. The molecule has 0 radical (unpaired) electrons. The van der Waals surface area contributed by atoms with E-state index in [4.69, 9.17) is 0 Å². The fourth-order valence-corrected chi connectivity index (χ4v) is 2.23. The number of halogens is 1. The summed E-state index contributed by atoms with van der Waals surface area (Å²) < 4.78 is 0. The lowest BCUT2D eigenvalue weighted by Crippen LogP contribution is -2.06. The highest BCUT2D eigenvalue weighted by atomic mass is 35.5. The molecule has 0 aromatic heterocycles. The highest BCUT2D eigenvalue weighted by Crippen LogP contribution is 2.29. The highest BCUT2D eigenvalue weighted by molar-refractivity contribution is 5.85. The predicted octanol–water partition coefficient (Wildman–Crippen LogP) is 3.43. The molecule has 1 aliphatic heterocycles. The van der Waals surface area contributed by atoms with Crippen molar-refractivity contribution < 1.29 is 0 Å². The van der Waals surface area contributed by atoms with E-state index in [1.807, 2.05) is 0 Å². The molecule has 2 heteroatoms. The van der Waals surface area contributed by atoms with E-state index in [0.717, 1.165) is 6.54 Å². The molecule has 15 heavy (non-hydrogen) atoms. The van der Waals surface area contributed by atoms with Gasteiger partial charge < -0.3 is 5.32 Å². The largest absolute Gasteiger partial charge is 0.306 e. The zero-order chi connectivity index (χ0) is 9.54. The molecule has 1 nitrogen and oxygen atoms in total. The van der Waals surface area contributed by atoms with Crippen molar-refractivity contribution in [3.8, 4) is 0 Å². The van der Waals surface area contributed by atoms with Crippen LogP contribution >= 0.6 is 12.4 Å². The van der Waals surface area contributed by atoms with Gasteiger partial charge in [0.15, 0.2) is 0 Å². The Labute approximate surface area is 95.9 Å². The Hall–Kier alpha value is -1.05. The van der Waals surface area contributed by atoms with E-state index in [2.05, 4.69) is 48.6 Å². The summed E-state index contributed by atoms with van der Waals surface area (Å²) >= 11 is 0. The quantitative estimate of drug-likeness (QED) is 0.716. The minimum Gasteiger partial charge on any atom is -0.306 e. The van der Waals surface area contributed by atoms with Gasteiger partial charge in [0.05, 0.1) is 0 Å². The summed E-state index contributed by atoms with van der Waals surface area (Å²) in [5.41, 5.74) is 2.92. The topological polar surface area (TPSA) is 12.0 Å². The summed E-state index contributed by atoms with van der Waals surface area (Å²) in [6.45, 7) is 3.24. The third kappa shape index (κ3) is 1.62. The fourth-order valence-electron chi connectivity index (χ4n) is 2.23. The van der Waals surface area contributed by atoms with Gasteiger partial charge in [-0.2, -0.15) is 0 Å². The van der Waals surface area contributed by atoms with Gasteiger partial charge in [0.1, 0.15) is 0 Å². The van der Waals surface area contributed by atoms with Crippen LogP contribution in [0.2, 0.25) is 0 Å². The molecule has 0 aliphatic carbocycles. The number of rotatable bonds is 0. The predicted molar refractivity (Wildman–Crippen MR) is 66.5 cm³/mol. The third-order valence-electron chi connectivity index (χ3n) is 3.07. The Balaban J connectivity index is 0.000000853. The molecular formula is C13H14ClN. The fraction of sp³-hybridized carbons (Fsp3) is 0.231. The number of nitrogens with one attached hydrogen (secondary N) is 1. The summed E-state index contributed by atoms with van der Waals surface area (Å²) in [7, 11) is 0. The first-order valence-corrected chi connectivity index (χ1v) is 5.09. The molecule has 1 unspecified atom stereocenters. The van der Waals surface area contributed by atoms with E-state index in [1.165, 1.54) is 21.9 Å². The molecule has 0 saturated carbocycles. The maximum atomic E-state index is 3.46. The van der Waals surface area contributed by atoms with Gasteiger partial charge in [-0.05, 0) is 41.0 Å². The van der Waals surface area contributed by atoms with Crippen LogP contribution < -0.4 is 5.32 Å². The molecule has 0 amide bonds. The van der Waals surface area contributed by atoms with Crippen LogP contribution in [0.4, 0.5) is 0 Å². The van der Waals surface area contributed by atoms with Gasteiger partial charge >= 0.3 is 0 Å². The molecule has 0 spiro atoms. The number of benzene rings is 2. The molecular weight excluding hydrogens is 206 g/mol. The Bertz CT molecular complexity index is 493. The number of hydrogen-bond donors (Lipinski definition) is 1. The van der Waals surface area contributed by atoms with E-state index in [1.54, 1.807) is 0 Å². The zero-order valence-corrected chi connectivity index (χ0v) is 9.47. The average Bonchev–Trinajstić information content (AvgIpc) is 2.57. The normalized spacial score (nSPS) is 18.6. The van der Waals surface area contributed by atoms with Crippen LogP contribution in [-0.4, -0.2) is 0 Å². The summed E-state index contributed by atoms with van der Waals surface area (Å²) in [5, 5.41) is 6.16. The average molecular weight is 220 g/mol. The van der Waals surface area contributed by atoms with Gasteiger partial charge in [0.2, 0.25) is 0 Å². The van der Waals surface area contributed by atoms with Crippen LogP contribution in [0.5, 0.6) is 0 Å². The summed E-state index contributed by atoms with van der Waals surface area (Å²) in [6, 6.07) is 13.7. The Morgan fingerprint density at radius 3 is 2.53 bits per heavy atom. The Morgan fingerprint density at radius 1 is 1.13 bits per heavy atom. The molecule has 0 saturated heterocycles. The molecule has 1 N–H and O–H groups in total. The van der Waals surface area contributed by atoms with Gasteiger partial charge in [-0.25, -0.2) is 0 Å². The summed E-state index contributed by atoms with van der Waals surface area (Å²) in [5.74, 6) is 0. The van der Waals surface area contributed by atoms with Crippen molar-refractivity contribution in [2.75, 3.05) is 0 Å². The van der Waals surface area contributed by atoms with Crippen molar-refractivity contribution in [1.82, 2.24) is 5.32 Å². The van der Waals surface area contributed by atoms with E-state index < -0.39 is 0 Å². The highest BCUT2D eigenvalue weighted by Gasteiger charge is 2.17. The van der Waals surface area contributed by atoms with Crippen LogP contribution in [0, 0.1) is 0 Å². The minimum absolute atomic E-state index is 0. The summed E-state index contributed by atoms with van der Waals surface area (Å²) in [4.78, 5) is 0. The standard InChI is InChI=1S/C13H13N.ClH/c1-9-13-7-11-5-3-2-4-10(11)6-12(13)8-14-9;/h2-7,9,14H,8H2,1H3;1H. The van der Waals surface area contributed by atoms with Crippen LogP contribution in [0.25, 0.3) is 10.8 Å². The minimum atomic E-state index is 0. The lowest BCUT2D eigenvalue weighted by Gasteiger charge is -2.05. The smallest absolute Gasteiger partial charge is 0.0298 e. The van der Waals surface area contributed by atoms with Crippen molar-refractivity contribution in [3.63, 3.8) is 0 Å². The first-order valence-electron chi connectivity index (χ1n) is 5.09.